The summed E-state index contributed by atoms with van der Waals surface area (Å²) in [5, 5.41) is 2.58. The maximum Gasteiger partial charge on any atom is 0.314 e. The number of oxazole rings is 1. The monoisotopic (exact) mass is 380 g/mol. The number of anilines is 1. The molecule has 28 heavy (non-hydrogen) atoms. The van der Waals surface area contributed by atoms with Crippen molar-refractivity contribution in [2.45, 2.75) is 25.9 Å². The average molecular weight is 380 g/mol. The second kappa shape index (κ2) is 7.26. The molecule has 0 bridgehead atoms. The van der Waals surface area contributed by atoms with Crippen LogP contribution in [0.2, 0.25) is 0 Å². The quantitative estimate of drug-likeness (QED) is 0.693. The summed E-state index contributed by atoms with van der Waals surface area (Å²) in [6.45, 7) is 1.67. The number of halogens is 1. The molecule has 0 aliphatic carbocycles. The number of benzene rings is 2. The first-order valence-electron chi connectivity index (χ1n) is 8.79. The number of nitrogens with one attached hydrogen (secondary N) is 1. The van der Waals surface area contributed by atoms with E-state index in [0.717, 1.165) is 5.56 Å². The van der Waals surface area contributed by atoms with Crippen LogP contribution in [0.3, 0.4) is 0 Å². The molecule has 1 aromatic heterocycles. The molecule has 142 valence electrons. The largest absolute Gasteiger partial charge is 0.459 e. The van der Waals surface area contributed by atoms with E-state index in [-0.39, 0.29) is 18.9 Å². The van der Waals surface area contributed by atoms with E-state index in [9.17, 15) is 14.0 Å². The highest BCUT2D eigenvalue weighted by atomic mass is 19.1. The van der Waals surface area contributed by atoms with Gasteiger partial charge in [0.25, 0.3) is 0 Å². The topological polar surface area (TPSA) is 81.4 Å². The number of amides is 1. The Balaban J connectivity index is 1.50. The number of carbonyl (C=O) groups is 2. The Morgan fingerprint density at radius 3 is 2.86 bits per heavy atom. The van der Waals surface area contributed by atoms with E-state index in [1.54, 1.807) is 6.92 Å². The van der Waals surface area contributed by atoms with Crippen molar-refractivity contribution in [3.05, 3.63) is 71.4 Å². The molecule has 0 saturated heterocycles. The highest BCUT2D eigenvalue weighted by Crippen LogP contribution is 2.34. The Hall–Kier alpha value is -3.48. The molecule has 1 N–H and O–H groups in total. The van der Waals surface area contributed by atoms with Gasteiger partial charge in [-0.2, -0.15) is 0 Å². The summed E-state index contributed by atoms with van der Waals surface area (Å²) in [4.78, 5) is 28.9. The predicted octanol–water partition coefficient (Wildman–Crippen LogP) is 3.96. The van der Waals surface area contributed by atoms with E-state index in [1.165, 1.54) is 18.2 Å². The molecule has 0 spiro atoms. The lowest BCUT2D eigenvalue weighted by atomic mass is 9.90. The second-order valence-electron chi connectivity index (χ2n) is 6.53. The summed E-state index contributed by atoms with van der Waals surface area (Å²) < 4.78 is 24.5. The minimum atomic E-state index is -0.787. The third-order valence-corrected chi connectivity index (χ3v) is 4.60. The third kappa shape index (κ3) is 3.51. The van der Waals surface area contributed by atoms with E-state index in [2.05, 4.69) is 10.3 Å². The molecule has 1 aliphatic rings. The Morgan fingerprint density at radius 2 is 2.07 bits per heavy atom. The minimum absolute atomic E-state index is 0.0511. The second-order valence-corrected chi connectivity index (χ2v) is 6.53. The molecule has 2 heterocycles. The lowest BCUT2D eigenvalue weighted by molar-refractivity contribution is -0.148. The number of hydrogen-bond acceptors (Lipinski definition) is 5. The average Bonchev–Trinajstić information content (AvgIpc) is 3.06. The van der Waals surface area contributed by atoms with E-state index < -0.39 is 17.7 Å². The lowest BCUT2D eigenvalue weighted by Crippen LogP contribution is -2.28. The lowest BCUT2D eigenvalue weighted by Gasteiger charge is -2.24. The molecule has 1 unspecified atom stereocenters. The van der Waals surface area contributed by atoms with Gasteiger partial charge in [-0.3, -0.25) is 9.59 Å². The molecule has 6 nitrogen and oxygen atoms in total. The normalized spacial score (nSPS) is 15.6. The Kier molecular flexibility index (Phi) is 4.65. The Morgan fingerprint density at radius 1 is 1.29 bits per heavy atom. The number of aryl methyl sites for hydroxylation is 1. The van der Waals surface area contributed by atoms with Crippen molar-refractivity contribution in [3.63, 3.8) is 0 Å². The summed E-state index contributed by atoms with van der Waals surface area (Å²) in [7, 11) is 0. The zero-order valence-electron chi connectivity index (χ0n) is 15.1. The van der Waals surface area contributed by atoms with E-state index in [4.69, 9.17) is 9.15 Å². The van der Waals surface area contributed by atoms with Gasteiger partial charge in [0.05, 0.1) is 5.92 Å². The fraction of sp³-hybridized carbons (Fsp3) is 0.190. The fourth-order valence-corrected chi connectivity index (χ4v) is 3.15. The molecular formula is C21H17FN2O4. The van der Waals surface area contributed by atoms with E-state index >= 15 is 0 Å². The number of nitrogens with zero attached hydrogens (tertiary/aromatic N) is 1. The molecule has 1 amide bonds. The molecule has 4 rings (SSSR count). The maximum absolute atomic E-state index is 13.4. The van der Waals surface area contributed by atoms with Crippen molar-refractivity contribution in [2.75, 3.05) is 5.32 Å². The summed E-state index contributed by atoms with van der Waals surface area (Å²) >= 11 is 0. The van der Waals surface area contributed by atoms with Crippen LogP contribution in [0, 0.1) is 12.7 Å². The number of carbonyl (C=O) groups excluding carboxylic acids is 2. The maximum atomic E-state index is 13.4. The molecule has 3 aromatic rings. The number of ether oxygens (including phenoxy) is 1. The van der Waals surface area contributed by atoms with Crippen LogP contribution in [0.1, 0.15) is 29.4 Å². The van der Waals surface area contributed by atoms with Gasteiger partial charge in [-0.1, -0.05) is 24.3 Å². The number of rotatable bonds is 4. The molecule has 7 heteroatoms. The zero-order chi connectivity index (χ0) is 19.7. The SMILES string of the molecule is Cc1oc(-c2ccccc2)nc1COC(=O)C1CC(=O)Nc2cc(F)ccc21. The van der Waals surface area contributed by atoms with Crippen molar-refractivity contribution < 1.29 is 23.1 Å². The molecule has 1 atom stereocenters. The van der Waals surface area contributed by atoms with Crippen LogP contribution in [0.4, 0.5) is 10.1 Å². The number of aromatic nitrogens is 1. The van der Waals surface area contributed by atoms with Crippen molar-refractivity contribution in [2.24, 2.45) is 0 Å². The molecule has 0 radical (unpaired) electrons. The highest BCUT2D eigenvalue weighted by Gasteiger charge is 2.32. The molecule has 2 aromatic carbocycles. The number of fused-ring (bicyclic) bond motifs is 1. The van der Waals surface area contributed by atoms with Crippen molar-refractivity contribution >= 4 is 17.6 Å². The number of hydrogen-bond donors (Lipinski definition) is 1. The Bertz CT molecular complexity index is 1050. The smallest absolute Gasteiger partial charge is 0.314 e. The zero-order valence-corrected chi connectivity index (χ0v) is 15.1. The van der Waals surface area contributed by atoms with Crippen LogP contribution >= 0.6 is 0 Å². The van der Waals surface area contributed by atoms with Gasteiger partial charge in [0.1, 0.15) is 23.9 Å². The van der Waals surface area contributed by atoms with Gasteiger partial charge in [0.2, 0.25) is 11.8 Å². The predicted molar refractivity (Wildman–Crippen MR) is 98.9 cm³/mol. The first-order chi connectivity index (χ1) is 13.5. The fourth-order valence-electron chi connectivity index (χ4n) is 3.15. The number of esters is 1. The van der Waals surface area contributed by atoms with Gasteiger partial charge in [-0.25, -0.2) is 9.37 Å². The van der Waals surface area contributed by atoms with Gasteiger partial charge >= 0.3 is 5.97 Å². The van der Waals surface area contributed by atoms with Gasteiger partial charge in [-0.15, -0.1) is 0 Å². The van der Waals surface area contributed by atoms with Crippen molar-refractivity contribution in [3.8, 4) is 11.5 Å². The summed E-state index contributed by atoms with van der Waals surface area (Å²) in [5.41, 5.74) is 2.16. The van der Waals surface area contributed by atoms with E-state index in [1.807, 2.05) is 30.3 Å². The van der Waals surface area contributed by atoms with Crippen LogP contribution < -0.4 is 5.32 Å². The molecule has 0 fully saturated rings. The van der Waals surface area contributed by atoms with Crippen LogP contribution in [-0.2, 0) is 20.9 Å². The molecular weight excluding hydrogens is 363 g/mol. The highest BCUT2D eigenvalue weighted by molar-refractivity contribution is 5.99. The first-order valence-corrected chi connectivity index (χ1v) is 8.79. The van der Waals surface area contributed by atoms with Crippen LogP contribution in [-0.4, -0.2) is 16.9 Å². The molecule has 0 saturated carbocycles. The summed E-state index contributed by atoms with van der Waals surface area (Å²) in [6, 6.07) is 13.3. The van der Waals surface area contributed by atoms with Crippen LogP contribution in [0.15, 0.2) is 52.9 Å². The van der Waals surface area contributed by atoms with E-state index in [0.29, 0.717) is 28.6 Å². The summed E-state index contributed by atoms with van der Waals surface area (Å²) in [5.74, 6) is -1.20. The summed E-state index contributed by atoms with van der Waals surface area (Å²) in [6.07, 6.45) is -0.0511. The third-order valence-electron chi connectivity index (χ3n) is 4.60. The van der Waals surface area contributed by atoms with Crippen molar-refractivity contribution in [1.82, 2.24) is 4.98 Å². The van der Waals surface area contributed by atoms with Crippen molar-refractivity contribution in [1.29, 1.82) is 0 Å². The minimum Gasteiger partial charge on any atom is -0.459 e. The van der Waals surface area contributed by atoms with Crippen LogP contribution in [0.5, 0.6) is 0 Å². The van der Waals surface area contributed by atoms with Gasteiger partial charge in [0, 0.05) is 17.7 Å². The van der Waals surface area contributed by atoms with Gasteiger partial charge in [-0.05, 0) is 36.8 Å². The standard InChI is InChI=1S/C21H17FN2O4/c1-12-18(24-20(28-12)13-5-3-2-4-6-13)11-27-21(26)16-10-19(25)23-17-9-14(22)7-8-15(16)17/h2-9,16H,10-11H2,1H3,(H,23,25). The Labute approximate surface area is 160 Å². The van der Waals surface area contributed by atoms with Gasteiger partial charge < -0.3 is 14.5 Å². The molecule has 1 aliphatic heterocycles. The van der Waals surface area contributed by atoms with Crippen LogP contribution in [0.25, 0.3) is 11.5 Å². The van der Waals surface area contributed by atoms with Gasteiger partial charge in [0.15, 0.2) is 0 Å². The first kappa shape index (κ1) is 17.9.